The van der Waals surface area contributed by atoms with Gasteiger partial charge in [-0.15, -0.1) is 0 Å². The van der Waals surface area contributed by atoms with Gasteiger partial charge in [0.1, 0.15) is 17.2 Å². The molecule has 3 heterocycles. The number of nitrogens with zero attached hydrogens (tertiary/aromatic N) is 4. The second-order valence-corrected chi connectivity index (χ2v) is 12.1. The van der Waals surface area contributed by atoms with Crippen LogP contribution in [0.2, 0.25) is 0 Å². The maximum Gasteiger partial charge on any atom is 0.338 e. The fraction of sp³-hybridized carbons (Fsp3) is 0.243. The van der Waals surface area contributed by atoms with Crippen LogP contribution < -0.4 is 24.4 Å². The zero-order valence-electron chi connectivity index (χ0n) is 27.0. The van der Waals surface area contributed by atoms with E-state index in [1.54, 1.807) is 25.5 Å². The molecule has 1 atom stereocenters. The van der Waals surface area contributed by atoms with Crippen LogP contribution in [0.25, 0.3) is 23.0 Å². The number of fused-ring (bicyclic) bond motifs is 1. The first-order valence-electron chi connectivity index (χ1n) is 15.6. The largest absolute Gasteiger partial charge is 0.497 e. The summed E-state index contributed by atoms with van der Waals surface area (Å²) in [4.78, 5) is 32.8. The number of allylic oxidation sites excluding steroid dienone is 1. The smallest absolute Gasteiger partial charge is 0.338 e. The van der Waals surface area contributed by atoms with Crippen LogP contribution in [-0.2, 0) is 9.53 Å². The Bertz CT molecular complexity index is 2140. The van der Waals surface area contributed by atoms with E-state index in [4.69, 9.17) is 24.3 Å². The molecule has 0 saturated heterocycles. The summed E-state index contributed by atoms with van der Waals surface area (Å²) in [5.74, 6) is 0.999. The van der Waals surface area contributed by atoms with Crippen LogP contribution in [0.4, 0.5) is 0 Å². The van der Waals surface area contributed by atoms with E-state index in [9.17, 15) is 9.59 Å². The van der Waals surface area contributed by atoms with Crippen LogP contribution in [0.5, 0.6) is 11.5 Å². The lowest BCUT2D eigenvalue weighted by molar-refractivity contribution is -0.139. The molecule has 5 aromatic rings. The molecule has 0 spiro atoms. The van der Waals surface area contributed by atoms with Gasteiger partial charge in [-0.25, -0.2) is 14.5 Å². The Morgan fingerprint density at radius 3 is 2.47 bits per heavy atom. The van der Waals surface area contributed by atoms with Gasteiger partial charge in [-0.05, 0) is 86.9 Å². The summed E-state index contributed by atoms with van der Waals surface area (Å²) in [5.41, 5.74) is 5.60. The number of para-hydroxylation sites is 1. The number of thiazole rings is 1. The first-order valence-corrected chi connectivity index (χ1v) is 16.4. The van der Waals surface area contributed by atoms with Crippen LogP contribution >= 0.6 is 11.3 Å². The fourth-order valence-electron chi connectivity index (χ4n) is 5.64. The van der Waals surface area contributed by atoms with E-state index < -0.39 is 12.0 Å². The molecule has 0 N–H and O–H groups in total. The molecular weight excluding hydrogens is 612 g/mol. The third-order valence-corrected chi connectivity index (χ3v) is 8.89. The molecule has 240 valence electrons. The summed E-state index contributed by atoms with van der Waals surface area (Å²) >= 11 is 1.28. The fourth-order valence-corrected chi connectivity index (χ4v) is 6.67. The normalized spacial score (nSPS) is 14.5. The maximum atomic E-state index is 14.3. The van der Waals surface area contributed by atoms with Crippen LogP contribution in [0, 0.1) is 6.92 Å². The molecule has 1 aliphatic heterocycles. The van der Waals surface area contributed by atoms with Crippen molar-refractivity contribution in [3.63, 3.8) is 0 Å². The molecule has 6 rings (SSSR count). The third-order valence-electron chi connectivity index (χ3n) is 7.91. The Hall–Kier alpha value is -5.22. The second-order valence-electron chi connectivity index (χ2n) is 11.1. The quantitative estimate of drug-likeness (QED) is 0.179. The van der Waals surface area contributed by atoms with Crippen LogP contribution in [-0.4, -0.2) is 40.6 Å². The van der Waals surface area contributed by atoms with Gasteiger partial charge in [0.15, 0.2) is 4.80 Å². The average Bonchev–Trinajstić information content (AvgIpc) is 3.64. The van der Waals surface area contributed by atoms with Gasteiger partial charge in [-0.3, -0.25) is 9.36 Å². The first kappa shape index (κ1) is 31.7. The summed E-state index contributed by atoms with van der Waals surface area (Å²) in [6.45, 7) is 8.47. The summed E-state index contributed by atoms with van der Waals surface area (Å²) in [7, 11) is 1.59. The molecular formula is C37H36N4O5S. The zero-order chi connectivity index (χ0) is 33.1. The molecule has 9 nitrogen and oxygen atoms in total. The molecule has 0 bridgehead atoms. The lowest BCUT2D eigenvalue weighted by atomic mass is 9.96. The standard InChI is InChI=1S/C37H36N4O5S/c1-6-19-46-30-18-15-26(20-23(30)3)33-27(22-40(39-33)28-11-9-8-10-12-28)21-31-35(42)41-34(25-13-16-29(44-5)17-14-25)32(36(43)45-7-2)24(4)38-37(41)47-31/h8-18,20-22,34H,6-7,19H2,1-5H3/b31-21-. The van der Waals surface area contributed by atoms with E-state index in [0.717, 1.165) is 45.8 Å². The molecule has 47 heavy (non-hydrogen) atoms. The molecule has 0 saturated carbocycles. The summed E-state index contributed by atoms with van der Waals surface area (Å²) in [6.07, 6.45) is 4.71. The molecule has 0 fully saturated rings. The van der Waals surface area contributed by atoms with Gasteiger partial charge in [-0.1, -0.05) is 48.6 Å². The van der Waals surface area contributed by atoms with E-state index in [-0.39, 0.29) is 12.2 Å². The number of carbonyl (C=O) groups is 1. The van der Waals surface area contributed by atoms with Crippen molar-refractivity contribution in [3.05, 3.63) is 127 Å². The number of methoxy groups -OCH3 is 1. The Kier molecular flexibility index (Phi) is 9.22. The predicted octanol–water partition coefficient (Wildman–Crippen LogP) is 5.76. The molecule has 3 aromatic carbocycles. The first-order chi connectivity index (χ1) is 22.8. The molecule has 0 radical (unpaired) electrons. The minimum Gasteiger partial charge on any atom is -0.497 e. The van der Waals surface area contributed by atoms with Gasteiger partial charge in [0, 0.05) is 17.3 Å². The van der Waals surface area contributed by atoms with Gasteiger partial charge in [0.25, 0.3) is 5.56 Å². The molecule has 0 amide bonds. The third kappa shape index (κ3) is 6.29. The number of carbonyl (C=O) groups excluding carboxylic acids is 1. The summed E-state index contributed by atoms with van der Waals surface area (Å²) < 4.78 is 20.6. The predicted molar refractivity (Wildman–Crippen MR) is 183 cm³/mol. The van der Waals surface area contributed by atoms with Gasteiger partial charge < -0.3 is 14.2 Å². The number of rotatable bonds is 10. The van der Waals surface area contributed by atoms with Crippen molar-refractivity contribution in [1.29, 1.82) is 0 Å². The van der Waals surface area contributed by atoms with Gasteiger partial charge in [0.05, 0.1) is 47.9 Å². The van der Waals surface area contributed by atoms with E-state index in [1.807, 2.05) is 90.6 Å². The highest BCUT2D eigenvalue weighted by atomic mass is 32.1. The molecule has 1 aliphatic rings. The monoisotopic (exact) mass is 648 g/mol. The number of ether oxygens (including phenoxy) is 3. The summed E-state index contributed by atoms with van der Waals surface area (Å²) in [5, 5.41) is 4.97. The van der Waals surface area contributed by atoms with E-state index >= 15 is 0 Å². The van der Waals surface area contributed by atoms with Crippen molar-refractivity contribution in [2.45, 2.75) is 40.2 Å². The second kappa shape index (κ2) is 13.6. The minimum absolute atomic E-state index is 0.203. The Morgan fingerprint density at radius 2 is 1.79 bits per heavy atom. The molecule has 1 unspecified atom stereocenters. The van der Waals surface area contributed by atoms with Crippen molar-refractivity contribution in [2.24, 2.45) is 4.99 Å². The Balaban J connectivity index is 1.53. The van der Waals surface area contributed by atoms with Crippen molar-refractivity contribution < 1.29 is 19.0 Å². The number of aryl methyl sites for hydroxylation is 1. The lowest BCUT2D eigenvalue weighted by Crippen LogP contribution is -2.39. The van der Waals surface area contributed by atoms with Crippen molar-refractivity contribution >= 4 is 23.4 Å². The van der Waals surface area contributed by atoms with Crippen molar-refractivity contribution in [2.75, 3.05) is 20.3 Å². The average molecular weight is 649 g/mol. The van der Waals surface area contributed by atoms with Crippen LogP contribution in [0.1, 0.15) is 49.9 Å². The highest BCUT2D eigenvalue weighted by Crippen LogP contribution is 2.32. The van der Waals surface area contributed by atoms with E-state index in [1.165, 1.54) is 11.3 Å². The Morgan fingerprint density at radius 1 is 1.02 bits per heavy atom. The van der Waals surface area contributed by atoms with E-state index in [2.05, 4.69) is 13.0 Å². The zero-order valence-corrected chi connectivity index (χ0v) is 27.8. The lowest BCUT2D eigenvalue weighted by Gasteiger charge is -2.24. The van der Waals surface area contributed by atoms with Gasteiger partial charge in [0.2, 0.25) is 0 Å². The number of benzene rings is 3. The Labute approximate surface area is 276 Å². The van der Waals surface area contributed by atoms with Gasteiger partial charge in [-0.2, -0.15) is 5.10 Å². The topological polar surface area (TPSA) is 96.9 Å². The van der Waals surface area contributed by atoms with Crippen molar-refractivity contribution in [1.82, 2.24) is 14.3 Å². The van der Waals surface area contributed by atoms with Crippen LogP contribution in [0.3, 0.4) is 0 Å². The minimum atomic E-state index is -0.719. The SMILES string of the molecule is CCCOc1ccc(-c2nn(-c3ccccc3)cc2/C=c2\sc3n(c2=O)C(c2ccc(OC)cc2)C(C(=O)OCC)=C(C)N=3)cc1C. The molecule has 0 aliphatic carbocycles. The maximum absolute atomic E-state index is 14.3. The number of hydrogen-bond donors (Lipinski definition) is 0. The van der Waals surface area contributed by atoms with Crippen LogP contribution in [0.15, 0.2) is 100 Å². The van der Waals surface area contributed by atoms with E-state index in [0.29, 0.717) is 33.0 Å². The molecule has 2 aromatic heterocycles. The number of hydrogen-bond acceptors (Lipinski definition) is 8. The van der Waals surface area contributed by atoms with Crippen molar-refractivity contribution in [3.8, 4) is 28.4 Å². The number of aromatic nitrogens is 3. The highest BCUT2D eigenvalue weighted by molar-refractivity contribution is 7.07. The molecule has 10 heteroatoms. The highest BCUT2D eigenvalue weighted by Gasteiger charge is 2.33. The number of esters is 1. The summed E-state index contributed by atoms with van der Waals surface area (Å²) in [6, 6.07) is 22.5. The van der Waals surface area contributed by atoms with Gasteiger partial charge >= 0.3 is 5.97 Å².